The van der Waals surface area contributed by atoms with E-state index >= 15 is 0 Å². The summed E-state index contributed by atoms with van der Waals surface area (Å²) in [4.78, 5) is 28.9. The molecule has 2 amide bonds. The van der Waals surface area contributed by atoms with Gasteiger partial charge in [0.05, 0.1) is 12.8 Å². The van der Waals surface area contributed by atoms with Gasteiger partial charge in [0, 0.05) is 25.0 Å². The van der Waals surface area contributed by atoms with Crippen molar-refractivity contribution in [3.8, 4) is 5.75 Å². The number of piperidine rings is 1. The monoisotopic (exact) mass is 374 g/mol. The average Bonchev–Trinajstić information content (AvgIpc) is 2.97. The summed E-state index contributed by atoms with van der Waals surface area (Å²) in [6.07, 6.45) is 1.53. The second kappa shape index (κ2) is 6.73. The van der Waals surface area contributed by atoms with Crippen LogP contribution >= 0.6 is 0 Å². The van der Waals surface area contributed by atoms with Crippen molar-refractivity contribution < 1.29 is 19.1 Å². The predicted molar refractivity (Wildman–Crippen MR) is 104 cm³/mol. The average molecular weight is 374 g/mol. The molecular weight excluding hydrogens is 344 g/mol. The summed E-state index contributed by atoms with van der Waals surface area (Å²) in [6, 6.07) is 3.95. The third-order valence-corrected chi connectivity index (χ3v) is 5.17. The number of anilines is 1. The quantitative estimate of drug-likeness (QED) is 0.782. The van der Waals surface area contributed by atoms with Crippen LogP contribution in [0.2, 0.25) is 0 Å². The van der Waals surface area contributed by atoms with E-state index in [0.717, 1.165) is 29.7 Å². The van der Waals surface area contributed by atoms with Gasteiger partial charge in [-0.15, -0.1) is 0 Å². The Hall–Kier alpha value is -2.24. The normalized spacial score (nSPS) is 19.1. The van der Waals surface area contributed by atoms with Crippen LogP contribution in [0.1, 0.15) is 58.6 Å². The van der Waals surface area contributed by atoms with Crippen LogP contribution in [0.3, 0.4) is 0 Å². The van der Waals surface area contributed by atoms with E-state index < -0.39 is 5.60 Å². The first-order chi connectivity index (χ1) is 12.5. The Morgan fingerprint density at radius 3 is 2.37 bits per heavy atom. The summed E-state index contributed by atoms with van der Waals surface area (Å²) in [5, 5.41) is 0. The van der Waals surface area contributed by atoms with Gasteiger partial charge in [-0.1, -0.05) is 13.8 Å². The lowest BCUT2D eigenvalue weighted by Crippen LogP contribution is -2.46. The highest BCUT2D eigenvalue weighted by molar-refractivity contribution is 5.99. The number of fused-ring (bicyclic) bond motifs is 1. The molecule has 1 aromatic carbocycles. The van der Waals surface area contributed by atoms with Crippen molar-refractivity contribution in [1.82, 2.24) is 4.90 Å². The molecule has 1 fully saturated rings. The first-order valence-electron chi connectivity index (χ1n) is 9.51. The van der Waals surface area contributed by atoms with Gasteiger partial charge in [0.25, 0.3) is 0 Å². The molecule has 2 aliphatic heterocycles. The second-order valence-electron chi connectivity index (χ2n) is 9.07. The highest BCUT2D eigenvalue weighted by Crippen LogP contribution is 2.40. The molecule has 0 unspecified atom stereocenters. The summed E-state index contributed by atoms with van der Waals surface area (Å²) in [7, 11) is 1.62. The Morgan fingerprint density at radius 1 is 1.15 bits per heavy atom. The second-order valence-corrected chi connectivity index (χ2v) is 9.07. The standard InChI is InChI=1S/C21H30N2O4/c1-20(2,3)27-19(25)22-12-14-10-16(17(26-6)11-15(14)13-22)23-9-7-8-21(4,5)18(23)24/h10-11H,7-9,12-13H2,1-6H3. The van der Waals surface area contributed by atoms with Gasteiger partial charge in [0.2, 0.25) is 5.91 Å². The molecule has 0 spiro atoms. The summed E-state index contributed by atoms with van der Waals surface area (Å²) < 4.78 is 11.1. The Kier molecular flexibility index (Phi) is 4.87. The van der Waals surface area contributed by atoms with Crippen LogP contribution < -0.4 is 9.64 Å². The van der Waals surface area contributed by atoms with Gasteiger partial charge in [0.1, 0.15) is 11.4 Å². The number of carbonyl (C=O) groups excluding carboxylic acids is 2. The summed E-state index contributed by atoms with van der Waals surface area (Å²) in [5.41, 5.74) is 1.96. The molecule has 0 atom stereocenters. The summed E-state index contributed by atoms with van der Waals surface area (Å²) >= 11 is 0. The van der Waals surface area contributed by atoms with E-state index in [1.54, 1.807) is 12.0 Å². The summed E-state index contributed by atoms with van der Waals surface area (Å²) in [6.45, 7) is 11.2. The van der Waals surface area contributed by atoms with Crippen LogP contribution in [-0.4, -0.2) is 36.2 Å². The fraction of sp³-hybridized carbons (Fsp3) is 0.619. The number of benzene rings is 1. The molecule has 0 saturated carbocycles. The zero-order valence-corrected chi connectivity index (χ0v) is 17.2. The highest BCUT2D eigenvalue weighted by Gasteiger charge is 2.38. The van der Waals surface area contributed by atoms with Crippen molar-refractivity contribution in [3.05, 3.63) is 23.3 Å². The topological polar surface area (TPSA) is 59.1 Å². The van der Waals surface area contributed by atoms with Crippen LogP contribution in [0.4, 0.5) is 10.5 Å². The van der Waals surface area contributed by atoms with Crippen molar-refractivity contribution >= 4 is 17.7 Å². The number of amides is 2. The van der Waals surface area contributed by atoms with Gasteiger partial charge in [-0.3, -0.25) is 9.69 Å². The molecule has 6 nitrogen and oxygen atoms in total. The lowest BCUT2D eigenvalue weighted by molar-refractivity contribution is -0.128. The number of rotatable bonds is 2. The highest BCUT2D eigenvalue weighted by atomic mass is 16.6. The Bertz CT molecular complexity index is 764. The number of carbonyl (C=O) groups is 2. The smallest absolute Gasteiger partial charge is 0.410 e. The van der Waals surface area contributed by atoms with Crippen LogP contribution in [-0.2, 0) is 22.6 Å². The van der Waals surface area contributed by atoms with E-state index in [9.17, 15) is 9.59 Å². The van der Waals surface area contributed by atoms with Gasteiger partial charge in [-0.05, 0) is 56.9 Å². The van der Waals surface area contributed by atoms with E-state index in [-0.39, 0.29) is 17.4 Å². The molecule has 1 aromatic rings. The molecule has 0 aromatic heterocycles. The number of hydrogen-bond acceptors (Lipinski definition) is 4. The van der Waals surface area contributed by atoms with E-state index in [4.69, 9.17) is 9.47 Å². The van der Waals surface area contributed by atoms with E-state index in [2.05, 4.69) is 0 Å². The first-order valence-corrected chi connectivity index (χ1v) is 9.51. The van der Waals surface area contributed by atoms with Crippen molar-refractivity contribution in [2.45, 2.75) is 66.2 Å². The van der Waals surface area contributed by atoms with Crippen LogP contribution in [0.15, 0.2) is 12.1 Å². The van der Waals surface area contributed by atoms with E-state index in [1.165, 1.54) is 0 Å². The number of hydrogen-bond donors (Lipinski definition) is 0. The summed E-state index contributed by atoms with van der Waals surface area (Å²) in [5.74, 6) is 0.792. The molecule has 3 rings (SSSR count). The molecule has 0 N–H and O–H groups in total. The Balaban J connectivity index is 1.88. The van der Waals surface area contributed by atoms with Crippen LogP contribution in [0.25, 0.3) is 0 Å². The van der Waals surface area contributed by atoms with Gasteiger partial charge >= 0.3 is 6.09 Å². The van der Waals surface area contributed by atoms with Crippen LogP contribution in [0.5, 0.6) is 5.75 Å². The van der Waals surface area contributed by atoms with Gasteiger partial charge in [-0.2, -0.15) is 0 Å². The minimum Gasteiger partial charge on any atom is -0.495 e. The van der Waals surface area contributed by atoms with E-state index in [0.29, 0.717) is 25.4 Å². The van der Waals surface area contributed by atoms with Gasteiger partial charge < -0.3 is 14.4 Å². The molecule has 6 heteroatoms. The van der Waals surface area contributed by atoms with Crippen molar-refractivity contribution in [1.29, 1.82) is 0 Å². The van der Waals surface area contributed by atoms with Crippen LogP contribution in [0, 0.1) is 5.41 Å². The van der Waals surface area contributed by atoms with Gasteiger partial charge in [0.15, 0.2) is 0 Å². The molecule has 0 radical (unpaired) electrons. The maximum absolute atomic E-state index is 12.9. The number of ether oxygens (including phenoxy) is 2. The number of methoxy groups -OCH3 is 1. The third-order valence-electron chi connectivity index (χ3n) is 5.17. The molecule has 1 saturated heterocycles. The lowest BCUT2D eigenvalue weighted by atomic mass is 9.83. The predicted octanol–water partition coefficient (Wildman–Crippen LogP) is 4.10. The molecule has 2 heterocycles. The molecule has 27 heavy (non-hydrogen) atoms. The maximum atomic E-state index is 12.9. The molecule has 148 valence electrons. The Labute approximate surface area is 161 Å². The molecular formula is C21H30N2O4. The fourth-order valence-corrected chi connectivity index (χ4v) is 3.73. The third kappa shape index (κ3) is 3.89. The zero-order chi connectivity index (χ0) is 20.0. The molecule has 0 bridgehead atoms. The minimum atomic E-state index is -0.527. The number of nitrogens with zero attached hydrogens (tertiary/aromatic N) is 2. The fourth-order valence-electron chi connectivity index (χ4n) is 3.73. The maximum Gasteiger partial charge on any atom is 0.410 e. The van der Waals surface area contributed by atoms with Gasteiger partial charge in [-0.25, -0.2) is 4.79 Å². The van der Waals surface area contributed by atoms with Crippen molar-refractivity contribution in [2.75, 3.05) is 18.6 Å². The lowest BCUT2D eigenvalue weighted by Gasteiger charge is -2.37. The SMILES string of the molecule is COc1cc2c(cc1N1CCCC(C)(C)C1=O)CN(C(=O)OC(C)(C)C)C2. The largest absolute Gasteiger partial charge is 0.495 e. The Morgan fingerprint density at radius 2 is 1.78 bits per heavy atom. The minimum absolute atomic E-state index is 0.119. The molecule has 2 aliphatic rings. The van der Waals surface area contributed by atoms with E-state index in [1.807, 2.05) is 51.7 Å². The van der Waals surface area contributed by atoms with Crippen molar-refractivity contribution in [3.63, 3.8) is 0 Å². The molecule has 0 aliphatic carbocycles. The first kappa shape index (κ1) is 19.5. The van der Waals surface area contributed by atoms with Crippen molar-refractivity contribution in [2.24, 2.45) is 5.41 Å². The zero-order valence-electron chi connectivity index (χ0n) is 17.2.